The second kappa shape index (κ2) is 9.75. The molecule has 39 heavy (non-hydrogen) atoms. The van der Waals surface area contributed by atoms with E-state index < -0.39 is 80.9 Å². The molecule has 0 bridgehead atoms. The first-order valence-electron chi connectivity index (χ1n) is 12.3. The quantitative estimate of drug-likeness (QED) is 0.121. The number of fused-ring (bicyclic) bond motifs is 3. The first kappa shape index (κ1) is 28.2. The van der Waals surface area contributed by atoms with Gasteiger partial charge >= 0.3 is 5.97 Å². The monoisotopic (exact) mass is 545 g/mol. The number of likely N-dealkylation sites (N-methyl/N-ethyl adjacent to an activating group) is 1. The van der Waals surface area contributed by atoms with Crippen molar-refractivity contribution in [1.82, 2.24) is 15.5 Å². The van der Waals surface area contributed by atoms with Gasteiger partial charge in [-0.1, -0.05) is 12.1 Å². The summed E-state index contributed by atoms with van der Waals surface area (Å²) in [5.74, 6) is -8.98. The number of nitrogens with zero attached hydrogens (tertiary/aromatic N) is 1. The molecule has 1 aromatic carbocycles. The van der Waals surface area contributed by atoms with Crippen molar-refractivity contribution in [1.29, 1.82) is 0 Å². The van der Waals surface area contributed by atoms with Crippen molar-refractivity contribution in [3.05, 3.63) is 46.2 Å². The predicted octanol–water partition coefficient (Wildman–Crippen LogP) is -0.718. The van der Waals surface area contributed by atoms with Crippen LogP contribution in [0.25, 0.3) is 5.76 Å². The zero-order valence-corrected chi connectivity index (χ0v) is 21.6. The number of nitrogens with one attached hydrogen (secondary N) is 2. The second-order valence-electron chi connectivity index (χ2n) is 10.4. The third kappa shape index (κ3) is 4.18. The number of aliphatic hydroxyl groups is 4. The van der Waals surface area contributed by atoms with E-state index in [1.165, 1.54) is 44.1 Å². The van der Waals surface area contributed by atoms with E-state index in [1.807, 2.05) is 0 Å². The normalized spacial score (nSPS) is 30.2. The Morgan fingerprint density at radius 3 is 2.41 bits per heavy atom. The van der Waals surface area contributed by atoms with E-state index in [4.69, 9.17) is 5.11 Å². The van der Waals surface area contributed by atoms with Gasteiger partial charge in [-0.05, 0) is 39.1 Å². The number of aliphatic hydroxyl groups excluding tert-OH is 2. The summed E-state index contributed by atoms with van der Waals surface area (Å²) in [6.07, 6.45) is -0.475. The van der Waals surface area contributed by atoms with Crippen LogP contribution < -0.4 is 10.6 Å². The largest absolute Gasteiger partial charge is 0.508 e. The summed E-state index contributed by atoms with van der Waals surface area (Å²) in [5, 5.41) is 69.7. The average Bonchev–Trinajstić information content (AvgIpc) is 2.84. The van der Waals surface area contributed by atoms with Gasteiger partial charge in [-0.3, -0.25) is 29.4 Å². The highest BCUT2D eigenvalue weighted by atomic mass is 16.4. The Bertz CT molecular complexity index is 1330. The van der Waals surface area contributed by atoms with Crippen LogP contribution in [0, 0.1) is 11.8 Å². The molecule has 3 aliphatic rings. The Morgan fingerprint density at radius 2 is 1.79 bits per heavy atom. The summed E-state index contributed by atoms with van der Waals surface area (Å²) in [4.78, 5) is 52.5. The summed E-state index contributed by atoms with van der Waals surface area (Å²) < 4.78 is 0. The molecule has 0 radical (unpaired) electrons. The number of benzene rings is 1. The fraction of sp³-hybridized carbons (Fsp3) is 0.462. The van der Waals surface area contributed by atoms with Crippen molar-refractivity contribution in [2.75, 3.05) is 27.3 Å². The highest BCUT2D eigenvalue weighted by Gasteiger charge is 2.66. The van der Waals surface area contributed by atoms with Gasteiger partial charge in [0.1, 0.15) is 22.8 Å². The molecule has 5 atom stereocenters. The number of hydrogen-bond donors (Lipinski definition) is 8. The summed E-state index contributed by atoms with van der Waals surface area (Å²) >= 11 is 0. The molecule has 0 saturated heterocycles. The molecule has 1 aromatic rings. The molecular formula is C26H31N3O10. The minimum absolute atomic E-state index is 0.00246. The fourth-order valence-corrected chi connectivity index (χ4v) is 6.00. The van der Waals surface area contributed by atoms with Crippen molar-refractivity contribution >= 4 is 29.2 Å². The van der Waals surface area contributed by atoms with Gasteiger partial charge in [0.2, 0.25) is 5.78 Å². The van der Waals surface area contributed by atoms with Crippen LogP contribution in [0.4, 0.5) is 0 Å². The molecule has 210 valence electrons. The Hall–Kier alpha value is -3.78. The van der Waals surface area contributed by atoms with Gasteiger partial charge in [0.25, 0.3) is 5.91 Å². The van der Waals surface area contributed by atoms with Crippen molar-refractivity contribution in [3.8, 4) is 5.75 Å². The number of hydrogen-bond acceptors (Lipinski definition) is 11. The van der Waals surface area contributed by atoms with Crippen molar-refractivity contribution in [2.24, 2.45) is 11.8 Å². The molecule has 0 aliphatic heterocycles. The number of aliphatic carboxylic acids is 1. The summed E-state index contributed by atoms with van der Waals surface area (Å²) in [7, 11) is 2.99. The maximum atomic E-state index is 14.0. The number of carbonyl (C=O) groups is 4. The number of rotatable bonds is 7. The molecule has 8 N–H and O–H groups in total. The molecular weight excluding hydrogens is 514 g/mol. The lowest BCUT2D eigenvalue weighted by molar-refractivity contribution is -0.159. The number of amides is 1. The van der Waals surface area contributed by atoms with Crippen molar-refractivity contribution in [2.45, 2.75) is 37.0 Å². The lowest BCUT2D eigenvalue weighted by Crippen LogP contribution is -2.67. The third-order valence-electron chi connectivity index (χ3n) is 7.89. The summed E-state index contributed by atoms with van der Waals surface area (Å²) in [6.45, 7) is 1.12. The van der Waals surface area contributed by atoms with Crippen molar-refractivity contribution < 1.29 is 49.8 Å². The Balaban J connectivity index is 1.82. The van der Waals surface area contributed by atoms with E-state index in [-0.39, 0.29) is 37.2 Å². The van der Waals surface area contributed by atoms with Gasteiger partial charge in [0, 0.05) is 24.0 Å². The molecule has 13 heteroatoms. The maximum Gasteiger partial charge on any atom is 0.304 e. The molecule has 1 saturated carbocycles. The molecule has 0 spiro atoms. The average molecular weight is 546 g/mol. The Labute approximate surface area is 223 Å². The number of carboxylic acid groups (broad SMARTS) is 1. The van der Waals surface area contributed by atoms with Crippen LogP contribution in [0.5, 0.6) is 5.75 Å². The highest BCUT2D eigenvalue weighted by Crippen LogP contribution is 2.57. The second-order valence-corrected chi connectivity index (χ2v) is 10.4. The first-order chi connectivity index (χ1) is 18.2. The number of ketones is 2. The molecule has 1 amide bonds. The van der Waals surface area contributed by atoms with Crippen LogP contribution in [0.2, 0.25) is 0 Å². The SMILES string of the molecule is CN(C)C1C(=O)C(C(=O)NCNCCC(=O)O)=C(O)C2(O)C(=O)C3=C(O)c4c(O)cccc4C(C)(O)C3CC12. The molecule has 4 rings (SSSR count). The van der Waals surface area contributed by atoms with E-state index in [0.717, 1.165) is 0 Å². The molecule has 13 nitrogen and oxygen atoms in total. The standard InChI is InChI=1S/C26H31N3O10/c1-25(38)11-5-4-6-14(30)16(11)20(33)17-12(25)9-13-19(29(2)3)21(34)18(23(36)26(13,39)22(17)35)24(37)28-10-27-8-7-15(31)32/h4-6,12-13,19,27,30,33,36,38-39H,7-10H2,1-3H3,(H,28,37)(H,31,32). The maximum absolute atomic E-state index is 14.0. The Kier molecular flexibility index (Phi) is 7.06. The molecule has 1 fully saturated rings. The van der Waals surface area contributed by atoms with E-state index in [9.17, 15) is 44.7 Å². The number of phenolic OH excluding ortho intramolecular Hbond substituents is 1. The van der Waals surface area contributed by atoms with E-state index in [0.29, 0.717) is 0 Å². The lowest BCUT2D eigenvalue weighted by Gasteiger charge is -2.53. The molecule has 3 aliphatic carbocycles. The smallest absolute Gasteiger partial charge is 0.304 e. The zero-order valence-electron chi connectivity index (χ0n) is 21.6. The number of phenols is 1. The van der Waals surface area contributed by atoms with Crippen LogP contribution in [0.3, 0.4) is 0 Å². The summed E-state index contributed by atoms with van der Waals surface area (Å²) in [5.41, 5.74) is -5.99. The third-order valence-corrected chi connectivity index (χ3v) is 7.89. The van der Waals surface area contributed by atoms with E-state index in [2.05, 4.69) is 10.6 Å². The van der Waals surface area contributed by atoms with Gasteiger partial charge in [-0.2, -0.15) is 0 Å². The predicted molar refractivity (Wildman–Crippen MR) is 134 cm³/mol. The number of carboxylic acids is 1. The van der Waals surface area contributed by atoms with Gasteiger partial charge in [0.15, 0.2) is 11.4 Å². The van der Waals surface area contributed by atoms with Gasteiger partial charge < -0.3 is 36.0 Å². The van der Waals surface area contributed by atoms with Crippen LogP contribution in [-0.4, -0.2) is 97.9 Å². The number of Topliss-reactive ketones (excluding diaryl/α,β-unsaturated/α-hetero) is 2. The minimum atomic E-state index is -2.82. The summed E-state index contributed by atoms with van der Waals surface area (Å²) in [6, 6.07) is 2.92. The van der Waals surface area contributed by atoms with Gasteiger partial charge in [0.05, 0.1) is 30.3 Å². The van der Waals surface area contributed by atoms with Crippen LogP contribution in [0.1, 0.15) is 30.9 Å². The molecule has 0 heterocycles. The zero-order chi connectivity index (χ0) is 29.0. The fourth-order valence-electron chi connectivity index (χ4n) is 6.00. The topological polar surface area (TPSA) is 217 Å². The first-order valence-corrected chi connectivity index (χ1v) is 12.3. The van der Waals surface area contributed by atoms with Gasteiger partial charge in [-0.15, -0.1) is 0 Å². The van der Waals surface area contributed by atoms with Crippen LogP contribution in [0.15, 0.2) is 35.1 Å². The lowest BCUT2D eigenvalue weighted by atomic mass is 9.54. The van der Waals surface area contributed by atoms with Crippen LogP contribution >= 0.6 is 0 Å². The number of carbonyl (C=O) groups excluding carboxylic acids is 3. The highest BCUT2D eigenvalue weighted by molar-refractivity contribution is 6.25. The van der Waals surface area contributed by atoms with Gasteiger partial charge in [-0.25, -0.2) is 0 Å². The molecule has 0 aromatic heterocycles. The van der Waals surface area contributed by atoms with Crippen LogP contribution in [-0.2, 0) is 24.8 Å². The van der Waals surface area contributed by atoms with E-state index in [1.54, 1.807) is 0 Å². The van der Waals surface area contributed by atoms with Crippen molar-refractivity contribution in [3.63, 3.8) is 0 Å². The molecule has 5 unspecified atom stereocenters. The minimum Gasteiger partial charge on any atom is -0.508 e. The Morgan fingerprint density at radius 1 is 1.13 bits per heavy atom. The van der Waals surface area contributed by atoms with E-state index >= 15 is 0 Å². The number of aromatic hydroxyl groups is 1.